The van der Waals surface area contributed by atoms with Crippen molar-refractivity contribution in [2.75, 3.05) is 0 Å². The fraction of sp³-hybridized carbons (Fsp3) is 0.593. The Morgan fingerprint density at radius 1 is 1.16 bits per heavy atom. The number of rotatable bonds is 2. The van der Waals surface area contributed by atoms with E-state index < -0.39 is 6.10 Å². The lowest BCUT2D eigenvalue weighted by molar-refractivity contribution is -0.0842. The average molecular weight is 440 g/mol. The number of fused-ring (bicyclic) bond motifs is 4. The highest BCUT2D eigenvalue weighted by molar-refractivity contribution is 6.30. The average Bonchev–Trinajstić information content (AvgIpc) is 3.22. The molecule has 1 N–H and O–H groups in total. The second-order valence-corrected chi connectivity index (χ2v) is 11.5. The summed E-state index contributed by atoms with van der Waals surface area (Å²) in [5, 5.41) is 12.1. The Labute approximate surface area is 191 Å². The van der Waals surface area contributed by atoms with Crippen molar-refractivity contribution < 1.29 is 9.84 Å². The van der Waals surface area contributed by atoms with Gasteiger partial charge in [-0.2, -0.15) is 0 Å². The highest BCUT2D eigenvalue weighted by atomic mass is 35.5. The molecular formula is C27H34ClNO2. The van der Waals surface area contributed by atoms with Crippen molar-refractivity contribution in [2.24, 2.45) is 11.3 Å². The summed E-state index contributed by atoms with van der Waals surface area (Å²) in [7, 11) is 0. The Kier molecular flexibility index (Phi) is 5.04. The molecule has 4 atom stereocenters. The van der Waals surface area contributed by atoms with Gasteiger partial charge in [-0.05, 0) is 72.6 Å². The Morgan fingerprint density at radius 2 is 1.87 bits per heavy atom. The first-order valence-electron chi connectivity index (χ1n) is 11.8. The van der Waals surface area contributed by atoms with Crippen LogP contribution < -0.4 is 0 Å². The number of aliphatic hydroxyl groups excluding tert-OH is 1. The zero-order valence-electron chi connectivity index (χ0n) is 19.3. The zero-order valence-corrected chi connectivity index (χ0v) is 20.1. The van der Waals surface area contributed by atoms with Crippen molar-refractivity contribution in [3.05, 3.63) is 62.9 Å². The molecule has 4 unspecified atom stereocenters. The number of hydrogen-bond acceptors (Lipinski definition) is 3. The number of pyridine rings is 1. The van der Waals surface area contributed by atoms with Gasteiger partial charge in [0.15, 0.2) is 0 Å². The van der Waals surface area contributed by atoms with E-state index >= 15 is 0 Å². The number of benzene rings is 1. The maximum atomic E-state index is 11.4. The molecule has 2 aliphatic carbocycles. The summed E-state index contributed by atoms with van der Waals surface area (Å²) in [6.45, 7) is 11.2. The van der Waals surface area contributed by atoms with Crippen LogP contribution in [0.5, 0.6) is 0 Å². The maximum absolute atomic E-state index is 11.4. The quantitative estimate of drug-likeness (QED) is 0.547. The lowest BCUT2D eigenvalue weighted by Crippen LogP contribution is -2.34. The molecular weight excluding hydrogens is 406 g/mol. The molecule has 0 bridgehead atoms. The normalized spacial score (nSPS) is 31.3. The third kappa shape index (κ3) is 3.27. The first-order chi connectivity index (χ1) is 14.6. The first kappa shape index (κ1) is 21.4. The molecule has 166 valence electrons. The van der Waals surface area contributed by atoms with E-state index in [1.54, 1.807) is 0 Å². The smallest absolute Gasteiger partial charge is 0.111 e. The molecule has 1 spiro atoms. The molecule has 1 fully saturated rings. The molecule has 0 saturated heterocycles. The van der Waals surface area contributed by atoms with E-state index in [1.807, 2.05) is 12.1 Å². The second kappa shape index (κ2) is 7.30. The van der Waals surface area contributed by atoms with Gasteiger partial charge in [-0.1, -0.05) is 58.4 Å². The molecule has 31 heavy (non-hydrogen) atoms. The molecule has 0 amide bonds. The molecule has 1 aromatic carbocycles. The van der Waals surface area contributed by atoms with Crippen LogP contribution in [-0.4, -0.2) is 10.1 Å². The van der Waals surface area contributed by atoms with E-state index in [9.17, 15) is 5.11 Å². The van der Waals surface area contributed by atoms with Crippen molar-refractivity contribution in [2.45, 2.75) is 90.4 Å². The van der Waals surface area contributed by atoms with Gasteiger partial charge in [0.1, 0.15) is 6.10 Å². The summed E-state index contributed by atoms with van der Waals surface area (Å²) >= 11 is 6.20. The second-order valence-electron chi connectivity index (χ2n) is 11.1. The summed E-state index contributed by atoms with van der Waals surface area (Å²) in [5.41, 5.74) is 6.61. The van der Waals surface area contributed by atoms with Crippen LogP contribution in [0.25, 0.3) is 0 Å². The summed E-state index contributed by atoms with van der Waals surface area (Å²) in [4.78, 5) is 5.24. The highest BCUT2D eigenvalue weighted by Crippen LogP contribution is 2.61. The van der Waals surface area contributed by atoms with Gasteiger partial charge in [0.2, 0.25) is 0 Å². The van der Waals surface area contributed by atoms with Crippen LogP contribution in [0.3, 0.4) is 0 Å². The summed E-state index contributed by atoms with van der Waals surface area (Å²) in [6.07, 6.45) is 4.35. The standard InChI is InChI=1S/C27H34ClNO2/c1-15(2)24-22-23(21-19(29-24)13-26(4,5)14-20(21)30)27(12-6-7-16(27)3)31-25(22)17-8-10-18(28)11-9-17/h8-11,15-16,20,25,30H,6-7,12-14H2,1-5H3. The molecule has 1 saturated carbocycles. The lowest BCUT2D eigenvalue weighted by atomic mass is 9.69. The SMILES string of the molecule is CC(C)c1nc2c(c3c1C(c1ccc(Cl)cc1)OC31CCCC1C)C(O)CC(C)(C)C2. The molecule has 3 nitrogen and oxygen atoms in total. The number of aromatic nitrogens is 1. The number of nitrogens with zero attached hydrogens (tertiary/aromatic N) is 1. The van der Waals surface area contributed by atoms with Gasteiger partial charge in [0, 0.05) is 27.5 Å². The molecule has 2 aromatic rings. The fourth-order valence-corrected chi connectivity index (χ4v) is 6.51. The predicted molar refractivity (Wildman–Crippen MR) is 124 cm³/mol. The Balaban J connectivity index is 1.82. The van der Waals surface area contributed by atoms with Crippen molar-refractivity contribution in [1.29, 1.82) is 0 Å². The molecule has 1 aromatic heterocycles. The van der Waals surface area contributed by atoms with Crippen molar-refractivity contribution in [3.8, 4) is 0 Å². The van der Waals surface area contributed by atoms with E-state index in [-0.39, 0.29) is 23.0 Å². The first-order valence-corrected chi connectivity index (χ1v) is 12.2. The Morgan fingerprint density at radius 3 is 2.48 bits per heavy atom. The van der Waals surface area contributed by atoms with E-state index in [1.165, 1.54) is 11.1 Å². The van der Waals surface area contributed by atoms with Crippen LogP contribution in [-0.2, 0) is 16.8 Å². The topological polar surface area (TPSA) is 42.4 Å². The summed E-state index contributed by atoms with van der Waals surface area (Å²) in [6, 6.07) is 8.06. The van der Waals surface area contributed by atoms with Gasteiger partial charge in [-0.15, -0.1) is 0 Å². The number of aliphatic hydroxyl groups is 1. The van der Waals surface area contributed by atoms with Crippen molar-refractivity contribution in [1.82, 2.24) is 4.98 Å². The van der Waals surface area contributed by atoms with Gasteiger partial charge in [0.05, 0.1) is 11.7 Å². The van der Waals surface area contributed by atoms with Crippen LogP contribution >= 0.6 is 11.6 Å². The minimum atomic E-state index is -0.488. The van der Waals surface area contributed by atoms with Gasteiger partial charge in [-0.25, -0.2) is 0 Å². The summed E-state index contributed by atoms with van der Waals surface area (Å²) in [5.74, 6) is 0.698. The minimum Gasteiger partial charge on any atom is -0.388 e. The molecule has 5 rings (SSSR count). The van der Waals surface area contributed by atoms with E-state index in [0.717, 1.165) is 59.6 Å². The van der Waals surface area contributed by atoms with Gasteiger partial charge >= 0.3 is 0 Å². The highest BCUT2D eigenvalue weighted by Gasteiger charge is 2.55. The lowest BCUT2D eigenvalue weighted by Gasteiger charge is -2.39. The van der Waals surface area contributed by atoms with Crippen molar-refractivity contribution >= 4 is 11.6 Å². The molecule has 3 aliphatic rings. The Hall–Kier alpha value is -1.42. The van der Waals surface area contributed by atoms with Crippen LogP contribution in [0.4, 0.5) is 0 Å². The van der Waals surface area contributed by atoms with Crippen LogP contribution in [0.15, 0.2) is 24.3 Å². The van der Waals surface area contributed by atoms with Crippen LogP contribution in [0, 0.1) is 11.3 Å². The molecule has 1 aliphatic heterocycles. The van der Waals surface area contributed by atoms with Crippen LogP contribution in [0.1, 0.15) is 112 Å². The number of ether oxygens (including phenoxy) is 1. The minimum absolute atomic E-state index is 0.0470. The van der Waals surface area contributed by atoms with Crippen LogP contribution in [0.2, 0.25) is 5.02 Å². The largest absolute Gasteiger partial charge is 0.388 e. The van der Waals surface area contributed by atoms with E-state index in [0.29, 0.717) is 5.92 Å². The zero-order chi connectivity index (χ0) is 22.1. The molecule has 2 heterocycles. The predicted octanol–water partition coefficient (Wildman–Crippen LogP) is 7.00. The third-order valence-electron chi connectivity index (χ3n) is 7.82. The molecule has 0 radical (unpaired) electrons. The number of hydrogen-bond donors (Lipinski definition) is 1. The van der Waals surface area contributed by atoms with Gasteiger partial charge in [0.25, 0.3) is 0 Å². The fourth-order valence-electron chi connectivity index (χ4n) is 6.39. The third-order valence-corrected chi connectivity index (χ3v) is 8.07. The van der Waals surface area contributed by atoms with E-state index in [4.69, 9.17) is 21.3 Å². The molecule has 4 heteroatoms. The maximum Gasteiger partial charge on any atom is 0.111 e. The van der Waals surface area contributed by atoms with Gasteiger partial charge in [-0.3, -0.25) is 4.98 Å². The van der Waals surface area contributed by atoms with Crippen molar-refractivity contribution in [3.63, 3.8) is 0 Å². The Bertz CT molecular complexity index is 1010. The van der Waals surface area contributed by atoms with E-state index in [2.05, 4.69) is 46.8 Å². The monoisotopic (exact) mass is 439 g/mol. The number of halogens is 1. The van der Waals surface area contributed by atoms with Gasteiger partial charge < -0.3 is 9.84 Å². The summed E-state index contributed by atoms with van der Waals surface area (Å²) < 4.78 is 7.08.